The summed E-state index contributed by atoms with van der Waals surface area (Å²) in [4.78, 5) is 0. The Bertz CT molecular complexity index is 1100. The van der Waals surface area contributed by atoms with Crippen LogP contribution < -0.4 is 0 Å². The average molecular weight is 480 g/mol. The number of hydrogen-bond acceptors (Lipinski definition) is 4. The predicted octanol–water partition coefficient (Wildman–Crippen LogP) is 6.00. The van der Waals surface area contributed by atoms with Gasteiger partial charge in [0.1, 0.15) is 5.60 Å². The number of aliphatic hydroxyl groups is 1. The molecule has 1 saturated carbocycles. The van der Waals surface area contributed by atoms with Gasteiger partial charge in [0.2, 0.25) is 0 Å². The van der Waals surface area contributed by atoms with Crippen LogP contribution in [0.15, 0.2) is 48.5 Å². The topological polar surface area (TPSA) is 56.5 Å². The van der Waals surface area contributed by atoms with Crippen molar-refractivity contribution in [2.75, 3.05) is 13.2 Å². The Hall–Kier alpha value is -1.60. The molecule has 31 heavy (non-hydrogen) atoms. The molecule has 0 bridgehead atoms. The van der Waals surface area contributed by atoms with E-state index in [1.165, 1.54) is 0 Å². The van der Waals surface area contributed by atoms with E-state index in [0.29, 0.717) is 65.3 Å². The minimum atomic E-state index is -1.08. The number of benzene rings is 2. The normalized spacial score (nSPS) is 19.7. The van der Waals surface area contributed by atoms with E-state index in [1.807, 2.05) is 36.4 Å². The first-order chi connectivity index (χ1) is 14.9. The summed E-state index contributed by atoms with van der Waals surface area (Å²) >= 11 is 18.7. The van der Waals surface area contributed by atoms with Gasteiger partial charge in [-0.05, 0) is 49.2 Å². The van der Waals surface area contributed by atoms with Crippen LogP contribution in [0, 0.1) is 0 Å². The van der Waals surface area contributed by atoms with Gasteiger partial charge < -0.3 is 14.6 Å². The summed E-state index contributed by atoms with van der Waals surface area (Å²) in [6.07, 6.45) is 2.24. The molecule has 0 atom stereocenters. The van der Waals surface area contributed by atoms with Gasteiger partial charge in [0, 0.05) is 28.5 Å². The monoisotopic (exact) mass is 478 g/mol. The molecule has 2 aromatic carbocycles. The highest BCUT2D eigenvalue weighted by Crippen LogP contribution is 2.45. The van der Waals surface area contributed by atoms with E-state index in [2.05, 4.69) is 0 Å². The molecule has 1 saturated heterocycles. The van der Waals surface area contributed by atoms with Crippen molar-refractivity contribution in [3.05, 3.63) is 69.3 Å². The molecular formula is C23H21Cl3N2O3. The van der Waals surface area contributed by atoms with E-state index in [-0.39, 0.29) is 0 Å². The Labute approximate surface area is 195 Å². The Morgan fingerprint density at radius 2 is 1.48 bits per heavy atom. The highest BCUT2D eigenvalue weighted by molar-refractivity contribution is 6.35. The van der Waals surface area contributed by atoms with Gasteiger partial charge in [-0.1, -0.05) is 46.9 Å². The highest BCUT2D eigenvalue weighted by atomic mass is 35.5. The maximum absolute atomic E-state index is 11.5. The fourth-order valence-electron chi connectivity index (χ4n) is 4.36. The minimum Gasteiger partial charge on any atom is -0.383 e. The lowest BCUT2D eigenvalue weighted by Gasteiger charge is -2.39. The van der Waals surface area contributed by atoms with Crippen molar-refractivity contribution in [1.29, 1.82) is 0 Å². The molecule has 0 radical (unpaired) electrons. The molecule has 0 amide bonds. The number of ether oxygens (including phenoxy) is 2. The Kier molecular flexibility index (Phi) is 5.53. The second-order valence-electron chi connectivity index (χ2n) is 8.07. The highest BCUT2D eigenvalue weighted by Gasteiger charge is 2.47. The SMILES string of the molecule is OC1(c2cc(-c3ccc(Cl)cc3)n(-c3ccc(Cl)cc3Cl)n2)CCC2(CC1)OCCO2. The molecule has 1 aliphatic carbocycles. The van der Waals surface area contributed by atoms with Crippen molar-refractivity contribution in [2.45, 2.75) is 37.1 Å². The number of rotatable bonds is 3. The fraction of sp³-hybridized carbons (Fsp3) is 0.348. The molecule has 1 aromatic heterocycles. The molecule has 1 N–H and O–H groups in total. The van der Waals surface area contributed by atoms with Crippen LogP contribution in [0.2, 0.25) is 15.1 Å². The van der Waals surface area contributed by atoms with Gasteiger partial charge >= 0.3 is 0 Å². The van der Waals surface area contributed by atoms with E-state index in [0.717, 1.165) is 11.3 Å². The average Bonchev–Trinajstić information content (AvgIpc) is 3.40. The van der Waals surface area contributed by atoms with Gasteiger partial charge in [0.25, 0.3) is 0 Å². The zero-order chi connectivity index (χ0) is 21.6. The van der Waals surface area contributed by atoms with E-state index < -0.39 is 11.4 Å². The zero-order valence-electron chi connectivity index (χ0n) is 16.7. The van der Waals surface area contributed by atoms with E-state index in [4.69, 9.17) is 49.4 Å². The van der Waals surface area contributed by atoms with Gasteiger partial charge in [0.15, 0.2) is 5.79 Å². The van der Waals surface area contributed by atoms with Crippen LogP contribution >= 0.6 is 34.8 Å². The molecule has 1 spiro atoms. The maximum Gasteiger partial charge on any atom is 0.168 e. The van der Waals surface area contributed by atoms with Gasteiger partial charge in [-0.25, -0.2) is 4.68 Å². The molecule has 2 fully saturated rings. The van der Waals surface area contributed by atoms with Crippen molar-refractivity contribution in [3.63, 3.8) is 0 Å². The van der Waals surface area contributed by atoms with Crippen molar-refractivity contribution in [3.8, 4) is 16.9 Å². The summed E-state index contributed by atoms with van der Waals surface area (Å²) in [5, 5.41) is 18.0. The Morgan fingerprint density at radius 1 is 0.839 bits per heavy atom. The molecule has 8 heteroatoms. The minimum absolute atomic E-state index is 0.472. The lowest BCUT2D eigenvalue weighted by Crippen LogP contribution is -2.42. The summed E-state index contributed by atoms with van der Waals surface area (Å²) in [6, 6.07) is 14.7. The first-order valence-corrected chi connectivity index (χ1v) is 11.3. The molecular weight excluding hydrogens is 459 g/mol. The molecule has 162 valence electrons. The number of aromatic nitrogens is 2. The van der Waals surface area contributed by atoms with Crippen LogP contribution in [0.5, 0.6) is 0 Å². The third-order valence-corrected chi connectivity index (χ3v) is 6.91. The largest absolute Gasteiger partial charge is 0.383 e. The van der Waals surface area contributed by atoms with Crippen LogP contribution in [0.4, 0.5) is 0 Å². The predicted molar refractivity (Wildman–Crippen MR) is 121 cm³/mol. The second-order valence-corrected chi connectivity index (χ2v) is 9.35. The number of halogens is 3. The van der Waals surface area contributed by atoms with E-state index >= 15 is 0 Å². The van der Waals surface area contributed by atoms with Crippen LogP contribution in [0.25, 0.3) is 16.9 Å². The number of nitrogens with zero attached hydrogens (tertiary/aromatic N) is 2. The van der Waals surface area contributed by atoms with E-state index in [1.54, 1.807) is 16.8 Å². The van der Waals surface area contributed by atoms with Crippen molar-refractivity contribution >= 4 is 34.8 Å². The van der Waals surface area contributed by atoms with Crippen LogP contribution in [0.3, 0.4) is 0 Å². The Morgan fingerprint density at radius 3 is 2.13 bits per heavy atom. The smallest absolute Gasteiger partial charge is 0.168 e. The third-order valence-electron chi connectivity index (χ3n) is 6.12. The summed E-state index contributed by atoms with van der Waals surface area (Å²) in [7, 11) is 0. The van der Waals surface area contributed by atoms with Gasteiger partial charge in [-0.15, -0.1) is 0 Å². The standard InChI is InChI=1S/C23H21Cl3N2O3/c24-16-3-1-15(2-4-16)20-14-21(27-28(20)19-6-5-17(25)13-18(19)26)22(29)7-9-23(10-8-22)30-11-12-31-23/h1-6,13-14,29H,7-12H2. The summed E-state index contributed by atoms with van der Waals surface area (Å²) in [5.41, 5.74) is 1.91. The molecule has 0 unspecified atom stereocenters. The first-order valence-electron chi connectivity index (χ1n) is 10.2. The summed E-state index contributed by atoms with van der Waals surface area (Å²) in [5.74, 6) is -0.562. The molecule has 5 rings (SSSR count). The van der Waals surface area contributed by atoms with Crippen molar-refractivity contribution in [2.24, 2.45) is 0 Å². The molecule has 3 aromatic rings. The van der Waals surface area contributed by atoms with Crippen molar-refractivity contribution < 1.29 is 14.6 Å². The van der Waals surface area contributed by atoms with Crippen LogP contribution in [-0.4, -0.2) is 33.9 Å². The lowest BCUT2D eigenvalue weighted by molar-refractivity contribution is -0.204. The first kappa shape index (κ1) is 21.3. The number of hydrogen-bond donors (Lipinski definition) is 1. The van der Waals surface area contributed by atoms with Crippen LogP contribution in [0.1, 0.15) is 31.4 Å². The zero-order valence-corrected chi connectivity index (χ0v) is 18.9. The quantitative estimate of drug-likeness (QED) is 0.500. The lowest BCUT2D eigenvalue weighted by atomic mass is 9.79. The summed E-state index contributed by atoms with van der Waals surface area (Å²) in [6.45, 7) is 1.20. The fourth-order valence-corrected chi connectivity index (χ4v) is 4.97. The van der Waals surface area contributed by atoms with Gasteiger partial charge in [-0.2, -0.15) is 5.10 Å². The maximum atomic E-state index is 11.5. The van der Waals surface area contributed by atoms with Crippen molar-refractivity contribution in [1.82, 2.24) is 9.78 Å². The molecule has 5 nitrogen and oxygen atoms in total. The molecule has 1 aliphatic heterocycles. The third kappa shape index (κ3) is 3.99. The summed E-state index contributed by atoms with van der Waals surface area (Å²) < 4.78 is 13.4. The molecule has 2 heterocycles. The van der Waals surface area contributed by atoms with Gasteiger partial charge in [0.05, 0.1) is 35.3 Å². The van der Waals surface area contributed by atoms with E-state index in [9.17, 15) is 5.11 Å². The second kappa shape index (κ2) is 8.07. The van der Waals surface area contributed by atoms with Gasteiger partial charge in [-0.3, -0.25) is 0 Å². The van der Waals surface area contributed by atoms with Crippen LogP contribution in [-0.2, 0) is 15.1 Å². The molecule has 2 aliphatic rings. The Balaban J connectivity index is 1.57.